The molecule has 0 fully saturated rings. The van der Waals surface area contributed by atoms with E-state index in [0.29, 0.717) is 25.7 Å². The molecule has 0 spiro atoms. The maximum absolute atomic E-state index is 13.0. The summed E-state index contributed by atoms with van der Waals surface area (Å²) in [5.41, 5.74) is 0. The van der Waals surface area contributed by atoms with Crippen LogP contribution in [0, 0.1) is 17.8 Å². The van der Waals surface area contributed by atoms with Gasteiger partial charge in [-0.1, -0.05) is 318 Å². The molecule has 92 heavy (non-hydrogen) atoms. The van der Waals surface area contributed by atoms with Crippen molar-refractivity contribution in [2.45, 2.75) is 388 Å². The van der Waals surface area contributed by atoms with Crippen molar-refractivity contribution in [3.8, 4) is 0 Å². The molecular formula is C73H142O17P2. The smallest absolute Gasteiger partial charge is 0.462 e. The summed E-state index contributed by atoms with van der Waals surface area (Å²) >= 11 is 0. The lowest BCUT2D eigenvalue weighted by molar-refractivity contribution is -0.161. The van der Waals surface area contributed by atoms with E-state index in [1.165, 1.54) is 180 Å². The monoisotopic (exact) mass is 1350 g/mol. The highest BCUT2D eigenvalue weighted by Crippen LogP contribution is 2.45. The van der Waals surface area contributed by atoms with Crippen molar-refractivity contribution in [3.05, 3.63) is 0 Å². The summed E-state index contributed by atoms with van der Waals surface area (Å²) in [6.07, 6.45) is 48.4. The summed E-state index contributed by atoms with van der Waals surface area (Å²) in [6, 6.07) is 0. The number of aliphatic hydroxyl groups excluding tert-OH is 1. The van der Waals surface area contributed by atoms with Gasteiger partial charge in [-0.3, -0.25) is 37.3 Å². The van der Waals surface area contributed by atoms with Crippen LogP contribution < -0.4 is 0 Å². The van der Waals surface area contributed by atoms with Gasteiger partial charge in [0.05, 0.1) is 26.4 Å². The number of unbranched alkanes of at least 4 members (excludes halogenated alkanes) is 38. The minimum atomic E-state index is -4.95. The highest BCUT2D eigenvalue weighted by molar-refractivity contribution is 7.47. The molecule has 17 nitrogen and oxygen atoms in total. The van der Waals surface area contributed by atoms with E-state index in [0.717, 1.165) is 108 Å². The number of hydrogen-bond acceptors (Lipinski definition) is 15. The topological polar surface area (TPSA) is 237 Å². The van der Waals surface area contributed by atoms with Crippen molar-refractivity contribution in [2.75, 3.05) is 39.6 Å². The Hall–Kier alpha value is -1.94. The molecule has 546 valence electrons. The Labute approximate surface area is 562 Å². The van der Waals surface area contributed by atoms with Crippen LogP contribution in [0.4, 0.5) is 0 Å². The summed E-state index contributed by atoms with van der Waals surface area (Å²) in [4.78, 5) is 72.7. The molecular weight excluding hydrogens is 1210 g/mol. The Kier molecular flexibility index (Phi) is 62.4. The van der Waals surface area contributed by atoms with Gasteiger partial charge in [-0.15, -0.1) is 0 Å². The lowest BCUT2D eigenvalue weighted by Crippen LogP contribution is -2.30. The molecule has 0 aromatic heterocycles. The van der Waals surface area contributed by atoms with Crippen molar-refractivity contribution in [1.29, 1.82) is 0 Å². The number of hydrogen-bond donors (Lipinski definition) is 3. The first-order valence-corrected chi connectivity index (χ1v) is 40.9. The molecule has 0 aliphatic heterocycles. The third-order valence-corrected chi connectivity index (χ3v) is 19.1. The molecule has 0 bridgehead atoms. The Morgan fingerprint density at radius 3 is 0.826 bits per heavy atom. The van der Waals surface area contributed by atoms with Gasteiger partial charge in [0.2, 0.25) is 0 Å². The maximum atomic E-state index is 13.0. The van der Waals surface area contributed by atoms with Crippen LogP contribution >= 0.6 is 15.6 Å². The highest BCUT2D eigenvalue weighted by Gasteiger charge is 2.30. The van der Waals surface area contributed by atoms with Crippen LogP contribution in [-0.2, 0) is 65.4 Å². The number of esters is 4. The van der Waals surface area contributed by atoms with E-state index in [1.807, 2.05) is 0 Å². The molecule has 0 radical (unpaired) electrons. The first-order valence-electron chi connectivity index (χ1n) is 37.9. The minimum Gasteiger partial charge on any atom is -0.462 e. The molecule has 6 atom stereocenters. The molecule has 0 saturated heterocycles. The molecule has 0 aliphatic carbocycles. The van der Waals surface area contributed by atoms with E-state index in [1.54, 1.807) is 0 Å². The van der Waals surface area contributed by atoms with Crippen LogP contribution in [0.25, 0.3) is 0 Å². The van der Waals surface area contributed by atoms with Crippen molar-refractivity contribution >= 4 is 39.5 Å². The van der Waals surface area contributed by atoms with E-state index < -0.39 is 97.5 Å². The van der Waals surface area contributed by atoms with E-state index in [-0.39, 0.29) is 25.7 Å². The minimum absolute atomic E-state index is 0.106. The molecule has 3 unspecified atom stereocenters. The van der Waals surface area contributed by atoms with Crippen molar-refractivity contribution in [3.63, 3.8) is 0 Å². The number of rotatable bonds is 71. The number of ether oxygens (including phenoxy) is 4. The molecule has 19 heteroatoms. The molecule has 0 amide bonds. The number of carbonyl (C=O) groups is 4. The molecule has 0 saturated carbocycles. The summed E-state index contributed by atoms with van der Waals surface area (Å²) < 4.78 is 68.4. The number of carbonyl (C=O) groups excluding carboxylic acids is 4. The Balaban J connectivity index is 5.28. The predicted octanol–water partition coefficient (Wildman–Crippen LogP) is 21.0. The van der Waals surface area contributed by atoms with Crippen LogP contribution in [-0.4, -0.2) is 96.7 Å². The zero-order valence-electron chi connectivity index (χ0n) is 60.0. The van der Waals surface area contributed by atoms with Crippen LogP contribution in [0.1, 0.15) is 370 Å². The number of phosphoric acid groups is 2. The predicted molar refractivity (Wildman–Crippen MR) is 372 cm³/mol. The molecule has 0 aliphatic rings. The average Bonchev–Trinajstić information content (AvgIpc) is 2.52. The molecule has 0 aromatic rings. The standard InChI is InChI=1S/C73H142O17P2/c1-8-10-11-12-13-14-15-16-17-27-35-42-49-56-72(77)89-69(61-84-71(76)55-48-41-34-29-22-24-31-38-45-52-65(5)6)63-88-92(81,82)86-59-67(74)58-85-91(79,80)87-62-68(60-83-70(75)54-47-40-33-26-20-18-23-30-37-44-51-64(3)4)90-73(78)57-50-43-36-28-21-19-25-32-39-46-53-66(7)9-2/h64-69,74H,8-63H2,1-7H3,(H,79,80)(H,81,82)/t66?,67-,68-,69-/m1/s1. The first-order chi connectivity index (χ1) is 44.3. The van der Waals surface area contributed by atoms with Crippen LogP contribution in [0.2, 0.25) is 0 Å². The van der Waals surface area contributed by atoms with Crippen LogP contribution in [0.15, 0.2) is 0 Å². The van der Waals surface area contributed by atoms with Gasteiger partial charge in [-0.2, -0.15) is 0 Å². The maximum Gasteiger partial charge on any atom is 0.472 e. The van der Waals surface area contributed by atoms with Gasteiger partial charge < -0.3 is 33.8 Å². The van der Waals surface area contributed by atoms with E-state index >= 15 is 0 Å². The largest absolute Gasteiger partial charge is 0.472 e. The second kappa shape index (κ2) is 63.8. The molecule has 0 heterocycles. The molecule has 3 N–H and O–H groups in total. The van der Waals surface area contributed by atoms with E-state index in [2.05, 4.69) is 48.5 Å². The summed E-state index contributed by atoms with van der Waals surface area (Å²) in [5, 5.41) is 10.6. The van der Waals surface area contributed by atoms with Gasteiger partial charge in [0.1, 0.15) is 19.3 Å². The Morgan fingerprint density at radius 1 is 0.315 bits per heavy atom. The lowest BCUT2D eigenvalue weighted by atomic mass is 9.99. The normalized spacial score (nSPS) is 14.4. The SMILES string of the molecule is CCCCCCCCCCCCCCCC(=O)O[C@H](COC(=O)CCCCCCCCCCCC(C)C)COP(=O)(O)OC[C@H](O)COP(=O)(O)OC[C@@H](COC(=O)CCCCCCCCCCCCC(C)C)OC(=O)CCCCCCCCCCCCC(C)CC. The van der Waals surface area contributed by atoms with Crippen molar-refractivity contribution in [1.82, 2.24) is 0 Å². The van der Waals surface area contributed by atoms with E-state index in [4.69, 9.17) is 37.0 Å². The summed E-state index contributed by atoms with van der Waals surface area (Å²) in [6.45, 7) is 11.9. The van der Waals surface area contributed by atoms with Crippen molar-refractivity contribution < 1.29 is 80.2 Å². The molecule has 0 rings (SSSR count). The van der Waals surface area contributed by atoms with Gasteiger partial charge in [-0.25, -0.2) is 9.13 Å². The van der Waals surface area contributed by atoms with Gasteiger partial charge in [0.15, 0.2) is 12.2 Å². The second-order valence-electron chi connectivity index (χ2n) is 27.5. The zero-order chi connectivity index (χ0) is 68.0. The molecule has 0 aromatic carbocycles. The summed E-state index contributed by atoms with van der Waals surface area (Å²) in [5.74, 6) is 0.185. The number of phosphoric ester groups is 2. The van der Waals surface area contributed by atoms with Crippen LogP contribution in [0.5, 0.6) is 0 Å². The fourth-order valence-electron chi connectivity index (χ4n) is 11.0. The van der Waals surface area contributed by atoms with Crippen molar-refractivity contribution in [2.24, 2.45) is 17.8 Å². The average molecular weight is 1350 g/mol. The van der Waals surface area contributed by atoms with Gasteiger partial charge in [0.25, 0.3) is 0 Å². The fraction of sp³-hybridized carbons (Fsp3) is 0.945. The zero-order valence-corrected chi connectivity index (χ0v) is 61.8. The Morgan fingerprint density at radius 2 is 0.554 bits per heavy atom. The summed E-state index contributed by atoms with van der Waals surface area (Å²) in [7, 11) is -9.91. The quantitative estimate of drug-likeness (QED) is 0.0222. The lowest BCUT2D eigenvalue weighted by Gasteiger charge is -2.21. The van der Waals surface area contributed by atoms with Gasteiger partial charge in [-0.05, 0) is 43.4 Å². The van der Waals surface area contributed by atoms with Gasteiger partial charge in [0, 0.05) is 25.7 Å². The van der Waals surface area contributed by atoms with Crippen LogP contribution in [0.3, 0.4) is 0 Å². The third kappa shape index (κ3) is 65.4. The number of aliphatic hydroxyl groups is 1. The third-order valence-electron chi connectivity index (χ3n) is 17.2. The fourth-order valence-corrected chi connectivity index (χ4v) is 12.6. The highest BCUT2D eigenvalue weighted by atomic mass is 31.2. The first kappa shape index (κ1) is 90.1. The second-order valence-corrected chi connectivity index (χ2v) is 30.4. The Bertz CT molecular complexity index is 1800. The van der Waals surface area contributed by atoms with E-state index in [9.17, 15) is 43.2 Å². The van der Waals surface area contributed by atoms with Gasteiger partial charge >= 0.3 is 39.5 Å².